The molecule has 8 heteroatoms. The molecule has 1 heterocycles. The van der Waals surface area contributed by atoms with Crippen LogP contribution in [0.25, 0.3) is 0 Å². The standard InChI is InChI=1S/C17H15ClN2O5/c1-10-13(4-2-5-14(10)20(22)23)19-17(21)11-8-12(18)16-15(9-11)24-6-3-7-25-16/h2,4-5,8-9H,3,6-7H2,1H3,(H,19,21). The first-order valence-corrected chi connectivity index (χ1v) is 7.99. The van der Waals surface area contributed by atoms with Crippen LogP contribution < -0.4 is 14.8 Å². The second kappa shape index (κ2) is 6.98. The zero-order valence-electron chi connectivity index (χ0n) is 13.4. The van der Waals surface area contributed by atoms with E-state index < -0.39 is 10.8 Å². The lowest BCUT2D eigenvalue weighted by atomic mass is 10.1. The Kier molecular flexibility index (Phi) is 4.76. The number of carbonyl (C=O) groups excluding carboxylic acids is 1. The van der Waals surface area contributed by atoms with Gasteiger partial charge in [-0.25, -0.2) is 0 Å². The van der Waals surface area contributed by atoms with Crippen LogP contribution in [0.3, 0.4) is 0 Å². The monoisotopic (exact) mass is 362 g/mol. The molecule has 0 aliphatic carbocycles. The van der Waals surface area contributed by atoms with Crippen LogP contribution in [0.4, 0.5) is 11.4 Å². The molecule has 130 valence electrons. The van der Waals surface area contributed by atoms with E-state index in [4.69, 9.17) is 21.1 Å². The van der Waals surface area contributed by atoms with Gasteiger partial charge in [0.05, 0.1) is 34.4 Å². The second-order valence-corrected chi connectivity index (χ2v) is 5.90. The molecule has 0 unspecified atom stereocenters. The van der Waals surface area contributed by atoms with E-state index in [1.54, 1.807) is 19.1 Å². The highest BCUT2D eigenvalue weighted by Gasteiger charge is 2.20. The number of hydrogen-bond donors (Lipinski definition) is 1. The first-order chi connectivity index (χ1) is 12.0. The molecule has 7 nitrogen and oxygen atoms in total. The third kappa shape index (κ3) is 3.51. The van der Waals surface area contributed by atoms with Crippen LogP contribution in [-0.4, -0.2) is 24.0 Å². The van der Waals surface area contributed by atoms with Crippen LogP contribution in [0.15, 0.2) is 30.3 Å². The van der Waals surface area contributed by atoms with Gasteiger partial charge in [-0.3, -0.25) is 14.9 Å². The van der Waals surface area contributed by atoms with E-state index in [1.807, 2.05) is 0 Å². The summed E-state index contributed by atoms with van der Waals surface area (Å²) in [6, 6.07) is 7.54. The maximum atomic E-state index is 12.5. The summed E-state index contributed by atoms with van der Waals surface area (Å²) in [5.74, 6) is 0.384. The van der Waals surface area contributed by atoms with Crippen molar-refractivity contribution >= 4 is 28.9 Å². The molecule has 2 aromatic carbocycles. The Balaban J connectivity index is 1.90. The fraction of sp³-hybridized carbons (Fsp3) is 0.235. The number of amides is 1. The van der Waals surface area contributed by atoms with Crippen molar-refractivity contribution in [2.24, 2.45) is 0 Å². The highest BCUT2D eigenvalue weighted by Crippen LogP contribution is 2.38. The molecule has 2 aromatic rings. The second-order valence-electron chi connectivity index (χ2n) is 5.50. The summed E-state index contributed by atoms with van der Waals surface area (Å²) in [6.07, 6.45) is 0.722. The normalized spacial score (nSPS) is 13.0. The minimum Gasteiger partial charge on any atom is -0.489 e. The van der Waals surface area contributed by atoms with Gasteiger partial charge in [-0.15, -0.1) is 0 Å². The summed E-state index contributed by atoms with van der Waals surface area (Å²) < 4.78 is 11.1. The molecule has 0 atom stereocenters. The first-order valence-electron chi connectivity index (χ1n) is 7.62. The number of nitrogens with zero attached hydrogens (tertiary/aromatic N) is 1. The van der Waals surface area contributed by atoms with E-state index in [2.05, 4.69) is 5.32 Å². The van der Waals surface area contributed by atoms with Crippen molar-refractivity contribution < 1.29 is 19.2 Å². The van der Waals surface area contributed by atoms with Gasteiger partial charge in [-0.2, -0.15) is 0 Å². The number of anilines is 1. The van der Waals surface area contributed by atoms with Gasteiger partial charge < -0.3 is 14.8 Å². The topological polar surface area (TPSA) is 90.7 Å². The van der Waals surface area contributed by atoms with Crippen molar-refractivity contribution in [3.05, 3.63) is 56.6 Å². The number of carbonyl (C=O) groups is 1. The van der Waals surface area contributed by atoms with Crippen LogP contribution in [0.5, 0.6) is 11.5 Å². The molecule has 0 radical (unpaired) electrons. The minimum absolute atomic E-state index is 0.0607. The maximum Gasteiger partial charge on any atom is 0.274 e. The van der Waals surface area contributed by atoms with Crippen LogP contribution >= 0.6 is 11.6 Å². The first kappa shape index (κ1) is 17.0. The molecule has 1 aliphatic heterocycles. The van der Waals surface area contributed by atoms with E-state index in [-0.39, 0.29) is 16.3 Å². The lowest BCUT2D eigenvalue weighted by Gasteiger charge is -2.12. The van der Waals surface area contributed by atoms with Crippen LogP contribution in [0, 0.1) is 17.0 Å². The lowest BCUT2D eigenvalue weighted by Crippen LogP contribution is -2.13. The fourth-order valence-electron chi connectivity index (χ4n) is 2.51. The number of rotatable bonds is 3. The Morgan fingerprint density at radius 1 is 1.28 bits per heavy atom. The fourth-order valence-corrected chi connectivity index (χ4v) is 2.78. The highest BCUT2D eigenvalue weighted by atomic mass is 35.5. The van der Waals surface area contributed by atoms with E-state index >= 15 is 0 Å². The number of nitrogens with one attached hydrogen (secondary N) is 1. The number of ether oxygens (including phenoxy) is 2. The summed E-state index contributed by atoms with van der Waals surface area (Å²) >= 11 is 6.19. The van der Waals surface area contributed by atoms with Gasteiger partial charge in [0.1, 0.15) is 0 Å². The van der Waals surface area contributed by atoms with Crippen molar-refractivity contribution in [1.29, 1.82) is 0 Å². The van der Waals surface area contributed by atoms with Crippen molar-refractivity contribution in [3.8, 4) is 11.5 Å². The minimum atomic E-state index is -0.491. The zero-order valence-corrected chi connectivity index (χ0v) is 14.1. The number of halogens is 1. The molecule has 1 N–H and O–H groups in total. The Morgan fingerprint density at radius 2 is 2.04 bits per heavy atom. The van der Waals surface area contributed by atoms with E-state index in [1.165, 1.54) is 18.2 Å². The van der Waals surface area contributed by atoms with E-state index in [0.29, 0.717) is 36.0 Å². The lowest BCUT2D eigenvalue weighted by molar-refractivity contribution is -0.385. The largest absolute Gasteiger partial charge is 0.489 e. The predicted octanol–water partition coefficient (Wildman–Crippen LogP) is 3.97. The van der Waals surface area contributed by atoms with Crippen LogP contribution in [-0.2, 0) is 0 Å². The number of hydrogen-bond acceptors (Lipinski definition) is 5. The summed E-state index contributed by atoms with van der Waals surface area (Å²) in [4.78, 5) is 23.1. The molecule has 1 amide bonds. The molecule has 0 spiro atoms. The molecular weight excluding hydrogens is 348 g/mol. The third-order valence-corrected chi connectivity index (χ3v) is 4.10. The van der Waals surface area contributed by atoms with Gasteiger partial charge in [-0.05, 0) is 25.1 Å². The van der Waals surface area contributed by atoms with Gasteiger partial charge in [-0.1, -0.05) is 17.7 Å². The molecule has 0 saturated carbocycles. The molecule has 0 fully saturated rings. The van der Waals surface area contributed by atoms with Crippen LogP contribution in [0.2, 0.25) is 5.02 Å². The molecular formula is C17H15ClN2O5. The van der Waals surface area contributed by atoms with Crippen LogP contribution in [0.1, 0.15) is 22.3 Å². The molecule has 1 aliphatic rings. The smallest absolute Gasteiger partial charge is 0.274 e. The van der Waals surface area contributed by atoms with Gasteiger partial charge in [0, 0.05) is 18.1 Å². The number of fused-ring (bicyclic) bond motifs is 1. The zero-order chi connectivity index (χ0) is 18.0. The Labute approximate surface area is 148 Å². The Morgan fingerprint density at radius 3 is 2.80 bits per heavy atom. The van der Waals surface area contributed by atoms with Gasteiger partial charge in [0.2, 0.25) is 0 Å². The summed E-state index contributed by atoms with van der Waals surface area (Å²) in [5.41, 5.74) is 0.957. The molecule has 25 heavy (non-hydrogen) atoms. The summed E-state index contributed by atoms with van der Waals surface area (Å²) in [7, 11) is 0. The molecule has 0 saturated heterocycles. The van der Waals surface area contributed by atoms with E-state index in [0.717, 1.165) is 6.42 Å². The SMILES string of the molecule is Cc1c(NC(=O)c2cc(Cl)c3c(c2)OCCCO3)cccc1[N+](=O)[O-]. The molecule has 0 aromatic heterocycles. The summed E-state index contributed by atoms with van der Waals surface area (Å²) in [6.45, 7) is 2.54. The van der Waals surface area contributed by atoms with E-state index in [9.17, 15) is 14.9 Å². The van der Waals surface area contributed by atoms with Crippen molar-refractivity contribution in [2.75, 3.05) is 18.5 Å². The number of benzene rings is 2. The molecule has 3 rings (SSSR count). The number of nitro benzene ring substituents is 1. The van der Waals surface area contributed by atoms with Crippen molar-refractivity contribution in [3.63, 3.8) is 0 Å². The Hall–Kier alpha value is -2.80. The quantitative estimate of drug-likeness (QED) is 0.659. The maximum absolute atomic E-state index is 12.5. The van der Waals surface area contributed by atoms with Gasteiger partial charge in [0.25, 0.3) is 11.6 Å². The highest BCUT2D eigenvalue weighted by molar-refractivity contribution is 6.32. The number of nitro groups is 1. The Bertz CT molecular complexity index is 853. The average molecular weight is 363 g/mol. The van der Waals surface area contributed by atoms with Gasteiger partial charge >= 0.3 is 0 Å². The third-order valence-electron chi connectivity index (χ3n) is 3.81. The average Bonchev–Trinajstić information content (AvgIpc) is 2.82. The van der Waals surface area contributed by atoms with Crippen molar-refractivity contribution in [2.45, 2.75) is 13.3 Å². The molecule has 0 bridgehead atoms. The van der Waals surface area contributed by atoms with Crippen molar-refractivity contribution in [1.82, 2.24) is 0 Å². The predicted molar refractivity (Wildman–Crippen MR) is 92.8 cm³/mol. The summed E-state index contributed by atoms with van der Waals surface area (Å²) in [5, 5.41) is 14.0. The van der Waals surface area contributed by atoms with Gasteiger partial charge in [0.15, 0.2) is 11.5 Å².